The molecular weight excluding hydrogens is 621 g/mol. The van der Waals surface area contributed by atoms with E-state index < -0.39 is 35.2 Å². The van der Waals surface area contributed by atoms with Gasteiger partial charge in [0.2, 0.25) is 0 Å². The minimum Gasteiger partial charge on any atom is -0.814 e. The Morgan fingerprint density at radius 2 is 0.450 bits per heavy atom. The molecule has 1 aliphatic rings. The molecule has 0 aliphatic carbocycles. The van der Waals surface area contributed by atoms with Crippen molar-refractivity contribution in [3.8, 4) is 0 Å². The van der Waals surface area contributed by atoms with Crippen LogP contribution in [-0.4, -0.2) is 35.2 Å². The van der Waals surface area contributed by atoms with E-state index in [4.69, 9.17) is 16.5 Å². The fourth-order valence-electron chi connectivity index (χ4n) is 3.83. The zero-order valence-corrected chi connectivity index (χ0v) is 34.8. The molecule has 1 heterocycles. The Labute approximate surface area is 326 Å². The first-order chi connectivity index (χ1) is 17.2. The predicted molar refractivity (Wildman–Crippen MR) is 132 cm³/mol. The van der Waals surface area contributed by atoms with Crippen molar-refractivity contribution in [2.45, 2.75) is 0 Å². The Morgan fingerprint density at radius 3 is 0.600 bits per heavy atom. The van der Waals surface area contributed by atoms with E-state index in [0.717, 1.165) is 0 Å². The predicted octanol–water partition coefficient (Wildman–Crippen LogP) is -15.1. The SMILES string of the molecule is [Na+].[Na+].[Na+].[Na+].[O-][Si]1(c2ccccc2)O[Si]([O-])(c2ccccc2)O[Si]([O-])(c2ccccc2)O[Si]([O-])(c2ccccc2)O1. The van der Waals surface area contributed by atoms with Crippen LogP contribution in [0, 0.1) is 0 Å². The van der Waals surface area contributed by atoms with Crippen molar-refractivity contribution in [3.05, 3.63) is 121 Å². The summed E-state index contributed by atoms with van der Waals surface area (Å²) < 4.78 is 23.1. The van der Waals surface area contributed by atoms with Crippen LogP contribution in [-0.2, 0) is 16.5 Å². The van der Waals surface area contributed by atoms with Gasteiger partial charge in [-0.2, -0.15) is 0 Å². The van der Waals surface area contributed by atoms with Gasteiger partial charge in [-0.25, -0.2) is 0 Å². The van der Waals surface area contributed by atoms with E-state index in [0.29, 0.717) is 0 Å². The maximum atomic E-state index is 14.3. The van der Waals surface area contributed by atoms with Crippen LogP contribution in [0.2, 0.25) is 0 Å². The molecule has 184 valence electrons. The molecule has 0 amide bonds. The number of hydrogen-bond donors (Lipinski definition) is 0. The van der Waals surface area contributed by atoms with Gasteiger partial charge < -0.3 is 35.6 Å². The Balaban J connectivity index is 0.00000200. The minimum absolute atomic E-state index is 0. The molecule has 16 heteroatoms. The van der Waals surface area contributed by atoms with Gasteiger partial charge in [0.05, 0.1) is 0 Å². The van der Waals surface area contributed by atoms with Crippen LogP contribution >= 0.6 is 0 Å². The molecule has 0 bridgehead atoms. The maximum absolute atomic E-state index is 14.3. The Bertz CT molecular complexity index is 1100. The van der Waals surface area contributed by atoms with E-state index in [9.17, 15) is 19.2 Å². The van der Waals surface area contributed by atoms with Crippen molar-refractivity contribution < 1.29 is 154 Å². The molecule has 8 nitrogen and oxygen atoms in total. The summed E-state index contributed by atoms with van der Waals surface area (Å²) in [4.78, 5) is 57.4. The number of benzene rings is 4. The number of hydrogen-bond acceptors (Lipinski definition) is 8. The van der Waals surface area contributed by atoms with Crippen LogP contribution in [0.1, 0.15) is 0 Å². The van der Waals surface area contributed by atoms with Gasteiger partial charge in [-0.3, -0.25) is 0 Å². The van der Waals surface area contributed by atoms with Crippen LogP contribution in [0.15, 0.2) is 121 Å². The molecule has 0 N–H and O–H groups in total. The summed E-state index contributed by atoms with van der Waals surface area (Å²) in [7, 11) is -20.1. The fraction of sp³-hybridized carbons (Fsp3) is 0. The zero-order valence-electron chi connectivity index (χ0n) is 22.8. The van der Waals surface area contributed by atoms with Gasteiger partial charge in [0.25, 0.3) is 35.2 Å². The van der Waals surface area contributed by atoms with E-state index in [-0.39, 0.29) is 139 Å². The van der Waals surface area contributed by atoms with Crippen LogP contribution < -0.4 is 158 Å². The third-order valence-electron chi connectivity index (χ3n) is 5.58. The molecule has 1 aliphatic heterocycles. The standard InChI is InChI=1S/C24H20O8Si4.4Na/c25-33(21-13-5-1-6-14-21)29-34(26,22-15-7-2-8-16-22)31-36(28,24-19-11-4-12-20-24)32-35(27,30-33)23-17-9-3-10-18-23;;;;/h1-20H;;;;/q-4;4*+1. The van der Waals surface area contributed by atoms with Gasteiger partial charge in [-0.15, -0.1) is 0 Å². The number of rotatable bonds is 4. The van der Waals surface area contributed by atoms with Gasteiger partial charge in [0, 0.05) is 0 Å². The molecule has 1 saturated heterocycles. The maximum Gasteiger partial charge on any atom is 1.00 e. The van der Waals surface area contributed by atoms with E-state index in [2.05, 4.69) is 0 Å². The van der Waals surface area contributed by atoms with Crippen molar-refractivity contribution in [2.75, 3.05) is 0 Å². The first-order valence-electron chi connectivity index (χ1n) is 11.1. The van der Waals surface area contributed by atoms with Crippen molar-refractivity contribution in [1.29, 1.82) is 0 Å². The van der Waals surface area contributed by atoms with Crippen LogP contribution in [0.25, 0.3) is 0 Å². The summed E-state index contributed by atoms with van der Waals surface area (Å²) in [6, 6.07) is 30.9. The van der Waals surface area contributed by atoms with Crippen LogP contribution in [0.5, 0.6) is 0 Å². The summed E-state index contributed by atoms with van der Waals surface area (Å²) in [6.07, 6.45) is 0. The van der Waals surface area contributed by atoms with E-state index in [1.807, 2.05) is 0 Å². The summed E-state index contributed by atoms with van der Waals surface area (Å²) in [5.41, 5.74) is 0. The Morgan fingerprint density at radius 1 is 0.300 bits per heavy atom. The second kappa shape index (κ2) is 16.7. The summed E-state index contributed by atoms with van der Waals surface area (Å²) in [6.45, 7) is 0. The van der Waals surface area contributed by atoms with Crippen LogP contribution in [0.3, 0.4) is 0 Å². The van der Waals surface area contributed by atoms with Crippen molar-refractivity contribution >= 4 is 56.0 Å². The minimum atomic E-state index is -5.01. The first kappa shape index (κ1) is 39.5. The monoisotopic (exact) mass is 640 g/mol. The molecule has 0 spiro atoms. The van der Waals surface area contributed by atoms with Gasteiger partial charge >= 0.3 is 118 Å². The molecular formula is C24H20Na4O8Si4. The quantitative estimate of drug-likeness (QED) is 0.201. The van der Waals surface area contributed by atoms with Gasteiger partial charge in [0.15, 0.2) is 0 Å². The molecule has 0 radical (unpaired) electrons. The largest absolute Gasteiger partial charge is 1.00 e. The molecule has 0 unspecified atom stereocenters. The zero-order chi connectivity index (χ0) is 25.3. The van der Waals surface area contributed by atoms with E-state index >= 15 is 0 Å². The van der Waals surface area contributed by atoms with Crippen molar-refractivity contribution in [3.63, 3.8) is 0 Å². The van der Waals surface area contributed by atoms with E-state index in [1.165, 1.54) is 48.5 Å². The molecule has 0 atom stereocenters. The summed E-state index contributed by atoms with van der Waals surface area (Å²) in [5, 5.41) is 0.0714. The molecule has 1 fully saturated rings. The Hall–Kier alpha value is 1.43. The molecule has 0 aromatic heterocycles. The van der Waals surface area contributed by atoms with Gasteiger partial charge in [0.1, 0.15) is 0 Å². The van der Waals surface area contributed by atoms with Crippen molar-refractivity contribution in [2.24, 2.45) is 0 Å². The third kappa shape index (κ3) is 8.78. The van der Waals surface area contributed by atoms with Crippen molar-refractivity contribution in [1.82, 2.24) is 0 Å². The summed E-state index contributed by atoms with van der Waals surface area (Å²) >= 11 is 0. The van der Waals surface area contributed by atoms with Gasteiger partial charge in [-0.05, 0) is 20.7 Å². The van der Waals surface area contributed by atoms with E-state index in [1.54, 1.807) is 72.8 Å². The Kier molecular flexibility index (Phi) is 16.4. The normalized spacial score (nSPS) is 27.7. The fourth-order valence-corrected chi connectivity index (χ4v) is 17.8. The smallest absolute Gasteiger partial charge is 0.814 e. The van der Waals surface area contributed by atoms with Gasteiger partial charge in [-0.1, -0.05) is 121 Å². The second-order valence-corrected chi connectivity index (χ2v) is 18.1. The molecule has 40 heavy (non-hydrogen) atoms. The first-order valence-corrected chi connectivity index (χ1v) is 18.0. The van der Waals surface area contributed by atoms with Crippen LogP contribution in [0.4, 0.5) is 0 Å². The molecule has 5 rings (SSSR count). The average Bonchev–Trinajstić information content (AvgIpc) is 2.90. The topological polar surface area (TPSA) is 129 Å². The molecule has 4 aromatic rings. The summed E-state index contributed by atoms with van der Waals surface area (Å²) in [5.74, 6) is 0. The second-order valence-electron chi connectivity index (χ2n) is 8.10. The molecule has 4 aromatic carbocycles. The average molecular weight is 641 g/mol. The molecule has 0 saturated carbocycles. The third-order valence-corrected chi connectivity index (χ3v) is 18.3.